The fourth-order valence-corrected chi connectivity index (χ4v) is 7.98. The molecule has 0 aliphatic carbocycles. The molecule has 0 N–H and O–H groups in total. The highest BCUT2D eigenvalue weighted by molar-refractivity contribution is 7.00. The van der Waals surface area contributed by atoms with Crippen molar-refractivity contribution in [2.75, 3.05) is 36.2 Å². The predicted octanol–water partition coefficient (Wildman–Crippen LogP) is 8.22. The lowest BCUT2D eigenvalue weighted by molar-refractivity contribution is 0.172. The number of nitrogens with zero attached hydrogens (tertiary/aromatic N) is 2. The van der Waals surface area contributed by atoms with Crippen molar-refractivity contribution in [1.82, 2.24) is 0 Å². The third-order valence-corrected chi connectivity index (χ3v) is 10.5. The van der Waals surface area contributed by atoms with Crippen LogP contribution in [-0.4, -0.2) is 33.1 Å². The van der Waals surface area contributed by atoms with E-state index in [1.54, 1.807) is 0 Å². The van der Waals surface area contributed by atoms with Gasteiger partial charge in [-0.15, -0.1) is 0 Å². The smallest absolute Gasteiger partial charge is 0.252 e. The SMILES string of the molecule is Cc1cc2c3c(c1)N(c1ccc(C(C)(C)C)cc1)c1cc4c(cc1B3c1cc3c(cc1N2c1ccc(C(C)(C)C)cc1)OCCO3)OCCO4. The quantitative estimate of drug-likeness (QED) is 0.174. The number of hydrogen-bond donors (Lipinski definition) is 0. The Hall–Kier alpha value is -5.04. The summed E-state index contributed by atoms with van der Waals surface area (Å²) in [6.07, 6.45) is 0. The Kier molecular flexibility index (Phi) is 6.81. The molecule has 4 heterocycles. The summed E-state index contributed by atoms with van der Waals surface area (Å²) in [5.74, 6) is 3.13. The maximum Gasteiger partial charge on any atom is 0.252 e. The summed E-state index contributed by atoms with van der Waals surface area (Å²) < 4.78 is 24.9. The van der Waals surface area contributed by atoms with Crippen LogP contribution in [0.1, 0.15) is 58.2 Å². The molecule has 5 aromatic rings. The van der Waals surface area contributed by atoms with Gasteiger partial charge in [0, 0.05) is 46.3 Å². The van der Waals surface area contributed by atoms with Crippen LogP contribution in [0.15, 0.2) is 84.9 Å². The van der Waals surface area contributed by atoms with Crippen LogP contribution < -0.4 is 45.1 Å². The molecule has 0 atom stereocenters. The molecule has 4 aliphatic rings. The molecule has 0 aromatic heterocycles. The van der Waals surface area contributed by atoms with Gasteiger partial charge in [-0.1, -0.05) is 65.8 Å². The summed E-state index contributed by atoms with van der Waals surface area (Å²) >= 11 is 0. The zero-order valence-electron chi connectivity index (χ0n) is 30.0. The molecule has 4 aliphatic heterocycles. The van der Waals surface area contributed by atoms with Gasteiger partial charge >= 0.3 is 0 Å². The lowest BCUT2D eigenvalue weighted by atomic mass is 9.33. The van der Waals surface area contributed by atoms with E-state index in [1.807, 2.05) is 0 Å². The molecule has 0 radical (unpaired) electrons. The molecule has 0 unspecified atom stereocenters. The second-order valence-electron chi connectivity index (χ2n) is 16.0. The molecular weight excluding hydrogens is 619 g/mol. The number of ether oxygens (including phenoxy) is 4. The molecule has 252 valence electrons. The van der Waals surface area contributed by atoms with E-state index < -0.39 is 0 Å². The molecule has 0 fully saturated rings. The molecule has 6 nitrogen and oxygen atoms in total. The molecule has 0 saturated carbocycles. The fourth-order valence-electron chi connectivity index (χ4n) is 7.98. The maximum atomic E-state index is 6.24. The van der Waals surface area contributed by atoms with Crippen LogP contribution in [0.3, 0.4) is 0 Å². The average molecular weight is 663 g/mol. The third-order valence-electron chi connectivity index (χ3n) is 10.5. The molecule has 0 spiro atoms. The normalized spacial score (nSPS) is 15.7. The van der Waals surface area contributed by atoms with E-state index in [0.717, 1.165) is 57.1 Å². The average Bonchev–Trinajstić information content (AvgIpc) is 3.09. The minimum atomic E-state index is -0.0764. The summed E-state index contributed by atoms with van der Waals surface area (Å²) in [7, 11) is 0. The highest BCUT2D eigenvalue weighted by Gasteiger charge is 2.45. The number of aryl methyl sites for hydroxylation is 1. The first-order valence-electron chi connectivity index (χ1n) is 17.8. The first-order valence-corrected chi connectivity index (χ1v) is 17.8. The highest BCUT2D eigenvalue weighted by Crippen LogP contribution is 2.48. The summed E-state index contributed by atoms with van der Waals surface area (Å²) in [5, 5.41) is 0. The van der Waals surface area contributed by atoms with Crippen molar-refractivity contribution in [3.8, 4) is 23.0 Å². The second kappa shape index (κ2) is 11.0. The fraction of sp³-hybridized carbons (Fsp3) is 0.302. The minimum absolute atomic E-state index is 0.0495. The van der Waals surface area contributed by atoms with Gasteiger partial charge in [0.05, 0.1) is 0 Å². The van der Waals surface area contributed by atoms with Crippen LogP contribution >= 0.6 is 0 Å². The van der Waals surface area contributed by atoms with Gasteiger partial charge in [0.1, 0.15) is 26.4 Å². The van der Waals surface area contributed by atoms with E-state index in [2.05, 4.69) is 143 Å². The molecular formula is C43H43BN2O4. The largest absolute Gasteiger partial charge is 0.486 e. The van der Waals surface area contributed by atoms with E-state index in [-0.39, 0.29) is 17.5 Å². The van der Waals surface area contributed by atoms with Crippen molar-refractivity contribution in [2.45, 2.75) is 59.3 Å². The Bertz CT molecular complexity index is 2010. The van der Waals surface area contributed by atoms with Gasteiger partial charge in [-0.25, -0.2) is 0 Å². The van der Waals surface area contributed by atoms with Crippen molar-refractivity contribution < 1.29 is 18.9 Å². The van der Waals surface area contributed by atoms with Gasteiger partial charge in [0.25, 0.3) is 6.71 Å². The van der Waals surface area contributed by atoms with E-state index in [1.165, 1.54) is 33.1 Å². The summed E-state index contributed by atoms with van der Waals surface area (Å²) in [6, 6.07) is 31.6. The first kappa shape index (κ1) is 31.0. The molecule has 7 heteroatoms. The predicted molar refractivity (Wildman–Crippen MR) is 205 cm³/mol. The van der Waals surface area contributed by atoms with Crippen molar-refractivity contribution in [1.29, 1.82) is 0 Å². The van der Waals surface area contributed by atoms with Gasteiger partial charge in [0.2, 0.25) is 0 Å². The number of hydrogen-bond acceptors (Lipinski definition) is 6. The molecule has 50 heavy (non-hydrogen) atoms. The lowest BCUT2D eigenvalue weighted by Gasteiger charge is -2.45. The second-order valence-corrected chi connectivity index (χ2v) is 16.0. The van der Waals surface area contributed by atoms with Crippen LogP contribution in [0.2, 0.25) is 0 Å². The Morgan fingerprint density at radius 2 is 0.840 bits per heavy atom. The number of rotatable bonds is 2. The maximum absolute atomic E-state index is 6.24. The topological polar surface area (TPSA) is 43.4 Å². The van der Waals surface area contributed by atoms with E-state index in [9.17, 15) is 0 Å². The number of benzene rings is 5. The summed E-state index contributed by atoms with van der Waals surface area (Å²) in [5.41, 5.74) is 14.2. The Balaban J connectivity index is 1.34. The van der Waals surface area contributed by atoms with Crippen molar-refractivity contribution in [3.05, 3.63) is 102 Å². The zero-order chi connectivity index (χ0) is 34.5. The lowest BCUT2D eigenvalue weighted by Crippen LogP contribution is -2.61. The van der Waals surface area contributed by atoms with E-state index in [4.69, 9.17) is 18.9 Å². The van der Waals surface area contributed by atoms with Crippen LogP contribution in [0.5, 0.6) is 23.0 Å². The molecule has 0 bridgehead atoms. The number of fused-ring (bicyclic) bond motifs is 6. The Morgan fingerprint density at radius 3 is 1.20 bits per heavy atom. The number of anilines is 6. The van der Waals surface area contributed by atoms with E-state index >= 15 is 0 Å². The molecule has 5 aromatic carbocycles. The monoisotopic (exact) mass is 662 g/mol. The Labute approximate surface area is 295 Å². The van der Waals surface area contributed by atoms with Crippen molar-refractivity contribution in [2.24, 2.45) is 0 Å². The zero-order valence-corrected chi connectivity index (χ0v) is 30.0. The van der Waals surface area contributed by atoms with Gasteiger partial charge < -0.3 is 28.7 Å². The van der Waals surface area contributed by atoms with Gasteiger partial charge in [-0.3, -0.25) is 0 Å². The third kappa shape index (κ3) is 4.85. The molecule has 0 saturated heterocycles. The summed E-state index contributed by atoms with van der Waals surface area (Å²) in [4.78, 5) is 4.85. The Morgan fingerprint density at radius 1 is 0.480 bits per heavy atom. The van der Waals surface area contributed by atoms with Crippen molar-refractivity contribution in [3.63, 3.8) is 0 Å². The molecule has 0 amide bonds. The van der Waals surface area contributed by atoms with Gasteiger partial charge in [-0.05, 0) is 99.4 Å². The van der Waals surface area contributed by atoms with Crippen LogP contribution in [0.25, 0.3) is 0 Å². The van der Waals surface area contributed by atoms with Crippen molar-refractivity contribution >= 4 is 57.2 Å². The standard InChI is InChI=1S/C43H43BN2O4/c1-26-20-35-41-36(21-26)46(30-14-10-28(11-15-30)43(5,6)7)34-25-40-38(48-17-19-50-40)23-32(34)44(41)31-22-37-39(49-18-16-47-37)24-33(31)45(35)29-12-8-27(9-13-29)42(2,3)4/h8-15,20-25H,16-19H2,1-7H3. The highest BCUT2D eigenvalue weighted by atomic mass is 16.6. The first-order chi connectivity index (χ1) is 24.0. The van der Waals surface area contributed by atoms with Gasteiger partial charge in [0.15, 0.2) is 23.0 Å². The summed E-state index contributed by atoms with van der Waals surface area (Å²) in [6.45, 7) is 17.8. The van der Waals surface area contributed by atoms with Gasteiger partial charge in [-0.2, -0.15) is 0 Å². The van der Waals surface area contributed by atoms with Crippen LogP contribution in [0.4, 0.5) is 34.1 Å². The molecule has 9 rings (SSSR count). The van der Waals surface area contributed by atoms with Crippen LogP contribution in [0, 0.1) is 6.92 Å². The minimum Gasteiger partial charge on any atom is -0.486 e. The van der Waals surface area contributed by atoms with E-state index in [0.29, 0.717) is 26.4 Å². The van der Waals surface area contributed by atoms with Crippen LogP contribution in [-0.2, 0) is 10.8 Å².